The maximum absolute atomic E-state index is 13.1. The van der Waals surface area contributed by atoms with E-state index in [0.29, 0.717) is 29.8 Å². The highest BCUT2D eigenvalue weighted by molar-refractivity contribution is 5.90. The smallest absolute Gasteiger partial charge is 0.326 e. The quantitative estimate of drug-likeness (QED) is 0.736. The number of carbonyl (C=O) groups excluding carboxylic acids is 1. The molecule has 0 radical (unpaired) electrons. The van der Waals surface area contributed by atoms with Gasteiger partial charge in [-0.25, -0.2) is 14.2 Å². The van der Waals surface area contributed by atoms with Gasteiger partial charge in [-0.3, -0.25) is 18.7 Å². The molecule has 0 aliphatic rings. The van der Waals surface area contributed by atoms with Crippen molar-refractivity contribution in [3.8, 4) is 0 Å². The number of halogens is 1. The zero-order valence-electron chi connectivity index (χ0n) is 14.4. The van der Waals surface area contributed by atoms with Crippen LogP contribution in [0.2, 0.25) is 0 Å². The van der Waals surface area contributed by atoms with Crippen LogP contribution in [0.15, 0.2) is 40.2 Å². The maximum Gasteiger partial charge on any atom is 0.332 e. The van der Waals surface area contributed by atoms with Crippen LogP contribution in [-0.2, 0) is 25.4 Å². The molecule has 0 aliphatic carbocycles. The SMILES string of the molecule is Cn1c(=O)c2c(ncn2CCCC(=O)Nc2cccc(F)c2)n(C)c1=O. The number of imidazole rings is 1. The zero-order chi connectivity index (χ0) is 18.8. The maximum atomic E-state index is 13.1. The zero-order valence-corrected chi connectivity index (χ0v) is 14.4. The fraction of sp³-hybridized carbons (Fsp3) is 0.294. The Balaban J connectivity index is 1.70. The van der Waals surface area contributed by atoms with Crippen molar-refractivity contribution in [2.24, 2.45) is 14.1 Å². The van der Waals surface area contributed by atoms with Gasteiger partial charge in [-0.2, -0.15) is 0 Å². The molecule has 1 aromatic carbocycles. The second kappa shape index (κ2) is 6.95. The van der Waals surface area contributed by atoms with Crippen LogP contribution in [0.4, 0.5) is 10.1 Å². The Morgan fingerprint density at radius 2 is 2.00 bits per heavy atom. The molecule has 3 rings (SSSR count). The molecule has 1 N–H and O–H groups in total. The van der Waals surface area contributed by atoms with Crippen molar-refractivity contribution < 1.29 is 9.18 Å². The van der Waals surface area contributed by atoms with Crippen LogP contribution >= 0.6 is 0 Å². The van der Waals surface area contributed by atoms with Gasteiger partial charge in [0.25, 0.3) is 5.56 Å². The van der Waals surface area contributed by atoms with Gasteiger partial charge in [-0.1, -0.05) is 6.07 Å². The number of amides is 1. The number of aryl methyl sites for hydroxylation is 2. The van der Waals surface area contributed by atoms with Gasteiger partial charge in [0.1, 0.15) is 5.82 Å². The van der Waals surface area contributed by atoms with Crippen LogP contribution in [0.5, 0.6) is 0 Å². The van der Waals surface area contributed by atoms with E-state index in [0.717, 1.165) is 4.57 Å². The molecule has 0 atom stereocenters. The van der Waals surface area contributed by atoms with Gasteiger partial charge in [-0.15, -0.1) is 0 Å². The molecule has 0 unspecified atom stereocenters. The number of carbonyl (C=O) groups is 1. The molecule has 3 aromatic rings. The Morgan fingerprint density at radius 3 is 2.73 bits per heavy atom. The number of nitrogens with one attached hydrogen (secondary N) is 1. The average molecular weight is 359 g/mol. The van der Waals surface area contributed by atoms with E-state index in [-0.39, 0.29) is 12.3 Å². The number of anilines is 1. The molecule has 8 nitrogen and oxygen atoms in total. The number of rotatable bonds is 5. The minimum absolute atomic E-state index is 0.197. The Bertz CT molecular complexity index is 1100. The molecule has 136 valence electrons. The van der Waals surface area contributed by atoms with E-state index in [1.54, 1.807) is 17.7 Å². The highest BCUT2D eigenvalue weighted by Gasteiger charge is 2.14. The monoisotopic (exact) mass is 359 g/mol. The van der Waals surface area contributed by atoms with Crippen molar-refractivity contribution in [2.75, 3.05) is 5.32 Å². The molecule has 0 saturated heterocycles. The summed E-state index contributed by atoms with van der Waals surface area (Å²) < 4.78 is 17.1. The van der Waals surface area contributed by atoms with Gasteiger partial charge >= 0.3 is 5.69 Å². The lowest BCUT2D eigenvalue weighted by molar-refractivity contribution is -0.116. The van der Waals surface area contributed by atoms with E-state index in [9.17, 15) is 18.8 Å². The fourth-order valence-electron chi connectivity index (χ4n) is 2.77. The topological polar surface area (TPSA) is 90.9 Å². The van der Waals surface area contributed by atoms with E-state index in [1.807, 2.05) is 0 Å². The lowest BCUT2D eigenvalue weighted by atomic mass is 10.2. The van der Waals surface area contributed by atoms with Gasteiger partial charge in [0.15, 0.2) is 11.2 Å². The van der Waals surface area contributed by atoms with Crippen molar-refractivity contribution in [1.29, 1.82) is 0 Å². The van der Waals surface area contributed by atoms with E-state index < -0.39 is 17.1 Å². The molecule has 1 amide bonds. The molecular formula is C17H18FN5O3. The number of benzene rings is 1. The summed E-state index contributed by atoms with van der Waals surface area (Å²) in [6, 6.07) is 5.66. The summed E-state index contributed by atoms with van der Waals surface area (Å²) >= 11 is 0. The summed E-state index contributed by atoms with van der Waals surface area (Å²) in [6.45, 7) is 0.389. The summed E-state index contributed by atoms with van der Waals surface area (Å²) in [4.78, 5) is 40.3. The standard InChI is InChI=1S/C17H18FN5O3/c1-21-15-14(16(25)22(2)17(21)26)23(10-19-15)8-4-7-13(24)20-12-6-3-5-11(18)9-12/h3,5-6,9-10H,4,7-8H2,1-2H3,(H,20,24). The van der Waals surface area contributed by atoms with Crippen LogP contribution in [0, 0.1) is 5.82 Å². The summed E-state index contributed by atoms with van der Waals surface area (Å²) in [5, 5.41) is 2.62. The second-order valence-electron chi connectivity index (χ2n) is 5.98. The van der Waals surface area contributed by atoms with Crippen molar-refractivity contribution in [3.63, 3.8) is 0 Å². The van der Waals surface area contributed by atoms with Crippen molar-refractivity contribution in [2.45, 2.75) is 19.4 Å². The minimum atomic E-state index is -0.442. The first kappa shape index (κ1) is 17.6. The molecule has 0 fully saturated rings. The first-order valence-corrected chi connectivity index (χ1v) is 8.04. The Hall–Kier alpha value is -3.23. The van der Waals surface area contributed by atoms with Crippen molar-refractivity contribution in [3.05, 3.63) is 57.2 Å². The minimum Gasteiger partial charge on any atom is -0.326 e. The molecular weight excluding hydrogens is 341 g/mol. The predicted octanol–water partition coefficient (Wildman–Crippen LogP) is 0.992. The highest BCUT2D eigenvalue weighted by Crippen LogP contribution is 2.11. The van der Waals surface area contributed by atoms with Crippen molar-refractivity contribution >= 4 is 22.8 Å². The first-order valence-electron chi connectivity index (χ1n) is 8.04. The number of fused-ring (bicyclic) bond motifs is 1. The third-order valence-corrected chi connectivity index (χ3v) is 4.13. The molecule has 0 aliphatic heterocycles. The number of aromatic nitrogens is 4. The highest BCUT2D eigenvalue weighted by atomic mass is 19.1. The Labute approximate surface area is 147 Å². The lowest BCUT2D eigenvalue weighted by Gasteiger charge is -2.07. The van der Waals surface area contributed by atoms with Crippen LogP contribution in [0.1, 0.15) is 12.8 Å². The number of nitrogens with zero attached hydrogens (tertiary/aromatic N) is 4. The van der Waals surface area contributed by atoms with Gasteiger partial charge < -0.3 is 9.88 Å². The second-order valence-corrected chi connectivity index (χ2v) is 5.98. The molecule has 2 heterocycles. The molecule has 0 spiro atoms. The first-order chi connectivity index (χ1) is 12.4. The van der Waals surface area contributed by atoms with E-state index in [2.05, 4.69) is 10.3 Å². The van der Waals surface area contributed by atoms with Crippen LogP contribution in [-0.4, -0.2) is 24.6 Å². The Morgan fingerprint density at radius 1 is 1.23 bits per heavy atom. The summed E-state index contributed by atoms with van der Waals surface area (Å²) in [6.07, 6.45) is 2.14. The van der Waals surface area contributed by atoms with Crippen LogP contribution in [0.3, 0.4) is 0 Å². The molecule has 2 aromatic heterocycles. The fourth-order valence-corrected chi connectivity index (χ4v) is 2.77. The molecule has 26 heavy (non-hydrogen) atoms. The van der Waals surface area contributed by atoms with Crippen molar-refractivity contribution in [1.82, 2.24) is 18.7 Å². The number of hydrogen-bond donors (Lipinski definition) is 1. The summed E-state index contributed by atoms with van der Waals surface area (Å²) in [5.41, 5.74) is 0.154. The average Bonchev–Trinajstić information content (AvgIpc) is 3.02. The van der Waals surface area contributed by atoms with Gasteiger partial charge in [0.2, 0.25) is 5.91 Å². The summed E-state index contributed by atoms with van der Waals surface area (Å²) in [7, 11) is 2.96. The third kappa shape index (κ3) is 3.28. The van der Waals surface area contributed by atoms with Gasteiger partial charge in [0, 0.05) is 32.7 Å². The normalized spacial score (nSPS) is 11.0. The van der Waals surface area contributed by atoms with Crippen LogP contribution in [0.25, 0.3) is 11.2 Å². The Kier molecular flexibility index (Phi) is 4.70. The van der Waals surface area contributed by atoms with Crippen LogP contribution < -0.4 is 16.6 Å². The molecule has 0 saturated carbocycles. The molecule has 0 bridgehead atoms. The van der Waals surface area contributed by atoms with Gasteiger partial charge in [-0.05, 0) is 24.6 Å². The van der Waals surface area contributed by atoms with E-state index >= 15 is 0 Å². The largest absolute Gasteiger partial charge is 0.332 e. The van der Waals surface area contributed by atoms with E-state index in [4.69, 9.17) is 0 Å². The van der Waals surface area contributed by atoms with Gasteiger partial charge in [0.05, 0.1) is 6.33 Å². The predicted molar refractivity (Wildman–Crippen MR) is 94.5 cm³/mol. The third-order valence-electron chi connectivity index (χ3n) is 4.13. The lowest BCUT2D eigenvalue weighted by Crippen LogP contribution is -2.37. The molecule has 9 heteroatoms. The summed E-state index contributed by atoms with van der Waals surface area (Å²) in [5.74, 6) is -0.672. The van der Waals surface area contributed by atoms with E-state index in [1.165, 1.54) is 36.1 Å². The number of hydrogen-bond acceptors (Lipinski definition) is 4.